The molecule has 6 nitrogen and oxygen atoms in total. The van der Waals surface area contributed by atoms with E-state index in [1.807, 2.05) is 12.5 Å². The summed E-state index contributed by atoms with van der Waals surface area (Å²) in [7, 11) is 0. The lowest BCUT2D eigenvalue weighted by molar-refractivity contribution is 0.0846. The highest BCUT2D eigenvalue weighted by Crippen LogP contribution is 2.27. The number of aliphatic imine (C=N–C) groups is 1. The number of imidazole rings is 1. The molecular formula is C13H21N5O. The summed E-state index contributed by atoms with van der Waals surface area (Å²) in [5.74, 6) is 0.629. The van der Waals surface area contributed by atoms with Crippen molar-refractivity contribution in [3.05, 3.63) is 18.2 Å². The molecule has 2 atom stereocenters. The van der Waals surface area contributed by atoms with Crippen molar-refractivity contribution >= 4 is 5.96 Å². The monoisotopic (exact) mass is 263 g/mol. The largest absolute Gasteiger partial charge is 0.376 e. The predicted molar refractivity (Wildman–Crippen MR) is 72.8 cm³/mol. The number of guanidine groups is 1. The van der Waals surface area contributed by atoms with Gasteiger partial charge in [0.2, 0.25) is 0 Å². The van der Waals surface area contributed by atoms with Crippen LogP contribution in [0.1, 0.15) is 31.5 Å². The molecule has 0 radical (unpaired) electrons. The van der Waals surface area contributed by atoms with Crippen LogP contribution in [0, 0.1) is 0 Å². The summed E-state index contributed by atoms with van der Waals surface area (Å²) in [4.78, 5) is 10.8. The summed E-state index contributed by atoms with van der Waals surface area (Å²) >= 11 is 0. The first kappa shape index (κ1) is 12.5. The molecule has 2 aliphatic heterocycles. The number of hydrogen-bond acceptors (Lipinski definition) is 5. The zero-order chi connectivity index (χ0) is 13.2. The van der Waals surface area contributed by atoms with Crippen LogP contribution in [0.15, 0.2) is 17.5 Å². The van der Waals surface area contributed by atoms with Gasteiger partial charge in [-0.1, -0.05) is 0 Å². The van der Waals surface area contributed by atoms with Crippen molar-refractivity contribution in [1.29, 1.82) is 0 Å². The van der Waals surface area contributed by atoms with Crippen LogP contribution in [0.4, 0.5) is 0 Å². The Morgan fingerprint density at radius 2 is 2.42 bits per heavy atom. The molecule has 0 aliphatic carbocycles. The van der Waals surface area contributed by atoms with Crippen LogP contribution >= 0.6 is 0 Å². The Morgan fingerprint density at radius 3 is 3.16 bits per heavy atom. The van der Waals surface area contributed by atoms with E-state index in [1.165, 1.54) is 5.69 Å². The number of aryl methyl sites for hydroxylation is 1. The number of rotatable bonds is 4. The number of hydrogen-bond donors (Lipinski definition) is 1. The van der Waals surface area contributed by atoms with E-state index < -0.39 is 0 Å². The van der Waals surface area contributed by atoms with Crippen LogP contribution in [-0.4, -0.2) is 46.2 Å². The molecule has 6 heteroatoms. The molecule has 0 spiro atoms. The normalized spacial score (nSPS) is 27.0. The van der Waals surface area contributed by atoms with E-state index in [9.17, 15) is 0 Å². The molecule has 19 heavy (non-hydrogen) atoms. The molecule has 1 aromatic heterocycles. The standard InChI is InChI=1S/C13H21N5O/c1-2-17-9-15-6-11(17)12-7-16-13(14)18(12)8-10-4-3-5-19-10/h6,9-10,12H,2-5,7-8H2,1H3,(H2,14,16). The first-order chi connectivity index (χ1) is 9.29. The van der Waals surface area contributed by atoms with Gasteiger partial charge in [-0.3, -0.25) is 4.99 Å². The van der Waals surface area contributed by atoms with Gasteiger partial charge in [0.1, 0.15) is 0 Å². The topological polar surface area (TPSA) is 68.7 Å². The Morgan fingerprint density at radius 1 is 1.53 bits per heavy atom. The zero-order valence-electron chi connectivity index (χ0n) is 11.3. The first-order valence-corrected chi connectivity index (χ1v) is 6.97. The van der Waals surface area contributed by atoms with Crippen LogP contribution in [0.2, 0.25) is 0 Å². The molecular weight excluding hydrogens is 242 g/mol. The highest BCUT2D eigenvalue weighted by atomic mass is 16.5. The molecule has 1 aromatic rings. The lowest BCUT2D eigenvalue weighted by atomic mass is 10.1. The maximum atomic E-state index is 6.04. The molecule has 1 saturated heterocycles. The minimum atomic E-state index is 0.201. The molecule has 0 aromatic carbocycles. The van der Waals surface area contributed by atoms with Crippen molar-refractivity contribution in [3.63, 3.8) is 0 Å². The fourth-order valence-corrected chi connectivity index (χ4v) is 2.88. The maximum absolute atomic E-state index is 6.04. The second-order valence-electron chi connectivity index (χ2n) is 5.11. The second kappa shape index (κ2) is 5.21. The van der Waals surface area contributed by atoms with E-state index in [0.717, 1.165) is 32.5 Å². The Kier molecular flexibility index (Phi) is 3.42. The number of aromatic nitrogens is 2. The Balaban J connectivity index is 1.77. The van der Waals surface area contributed by atoms with Gasteiger partial charge >= 0.3 is 0 Å². The van der Waals surface area contributed by atoms with Gasteiger partial charge in [-0.25, -0.2) is 4.98 Å². The predicted octanol–water partition coefficient (Wildman–Crippen LogP) is 0.753. The molecule has 0 bridgehead atoms. The van der Waals surface area contributed by atoms with Gasteiger partial charge in [0.15, 0.2) is 5.96 Å². The zero-order valence-corrected chi connectivity index (χ0v) is 11.3. The molecule has 0 saturated carbocycles. The van der Waals surface area contributed by atoms with Gasteiger partial charge in [0, 0.05) is 19.7 Å². The minimum absolute atomic E-state index is 0.201. The summed E-state index contributed by atoms with van der Waals surface area (Å²) in [6.45, 7) is 5.44. The fourth-order valence-electron chi connectivity index (χ4n) is 2.88. The molecule has 104 valence electrons. The van der Waals surface area contributed by atoms with Crippen molar-refractivity contribution in [3.8, 4) is 0 Å². The van der Waals surface area contributed by atoms with E-state index in [0.29, 0.717) is 12.5 Å². The summed E-state index contributed by atoms with van der Waals surface area (Å²) in [6.07, 6.45) is 6.34. The van der Waals surface area contributed by atoms with Crippen molar-refractivity contribution in [2.45, 2.75) is 38.5 Å². The first-order valence-electron chi connectivity index (χ1n) is 6.97. The van der Waals surface area contributed by atoms with Gasteiger partial charge in [0.05, 0.1) is 36.9 Å². The third-order valence-electron chi connectivity index (χ3n) is 3.95. The van der Waals surface area contributed by atoms with Gasteiger partial charge in [-0.2, -0.15) is 0 Å². The lowest BCUT2D eigenvalue weighted by Gasteiger charge is -2.28. The average molecular weight is 263 g/mol. The average Bonchev–Trinajstić information content (AvgIpc) is 3.12. The summed E-state index contributed by atoms with van der Waals surface area (Å²) in [5.41, 5.74) is 7.22. The molecule has 3 rings (SSSR count). The van der Waals surface area contributed by atoms with E-state index >= 15 is 0 Å². The lowest BCUT2D eigenvalue weighted by Crippen LogP contribution is -2.41. The number of nitrogens with zero attached hydrogens (tertiary/aromatic N) is 4. The molecule has 2 unspecified atom stereocenters. The molecule has 2 aliphatic rings. The highest BCUT2D eigenvalue weighted by Gasteiger charge is 2.32. The molecule has 1 fully saturated rings. The fraction of sp³-hybridized carbons (Fsp3) is 0.692. The van der Waals surface area contributed by atoms with E-state index in [1.54, 1.807) is 0 Å². The van der Waals surface area contributed by atoms with Crippen LogP contribution < -0.4 is 5.73 Å². The minimum Gasteiger partial charge on any atom is -0.376 e. The van der Waals surface area contributed by atoms with E-state index in [2.05, 4.69) is 26.4 Å². The van der Waals surface area contributed by atoms with Crippen LogP contribution in [0.5, 0.6) is 0 Å². The highest BCUT2D eigenvalue weighted by molar-refractivity contribution is 5.80. The van der Waals surface area contributed by atoms with Gasteiger partial charge in [-0.05, 0) is 19.8 Å². The maximum Gasteiger partial charge on any atom is 0.192 e. The Hall–Kier alpha value is -1.56. The van der Waals surface area contributed by atoms with Crippen molar-refractivity contribution in [1.82, 2.24) is 14.5 Å². The molecule has 0 amide bonds. The van der Waals surface area contributed by atoms with Crippen molar-refractivity contribution < 1.29 is 4.74 Å². The molecule has 2 N–H and O–H groups in total. The summed E-state index contributed by atoms with van der Waals surface area (Å²) in [6, 6.07) is 0.201. The third kappa shape index (κ3) is 2.32. The van der Waals surface area contributed by atoms with Crippen LogP contribution in [-0.2, 0) is 11.3 Å². The van der Waals surface area contributed by atoms with Crippen LogP contribution in [0.25, 0.3) is 0 Å². The van der Waals surface area contributed by atoms with Gasteiger partial charge in [0.25, 0.3) is 0 Å². The van der Waals surface area contributed by atoms with Crippen LogP contribution in [0.3, 0.4) is 0 Å². The van der Waals surface area contributed by atoms with Gasteiger partial charge < -0.3 is 19.9 Å². The Bertz CT molecular complexity index is 463. The van der Waals surface area contributed by atoms with E-state index in [4.69, 9.17) is 10.5 Å². The van der Waals surface area contributed by atoms with Crippen molar-refractivity contribution in [2.75, 3.05) is 19.7 Å². The smallest absolute Gasteiger partial charge is 0.192 e. The third-order valence-corrected chi connectivity index (χ3v) is 3.95. The van der Waals surface area contributed by atoms with E-state index in [-0.39, 0.29) is 12.1 Å². The molecule has 3 heterocycles. The number of nitrogens with two attached hydrogens (primary N) is 1. The van der Waals surface area contributed by atoms with Crippen molar-refractivity contribution in [2.24, 2.45) is 10.7 Å². The quantitative estimate of drug-likeness (QED) is 0.870. The number of ether oxygens (including phenoxy) is 1. The summed E-state index contributed by atoms with van der Waals surface area (Å²) in [5, 5.41) is 0. The summed E-state index contributed by atoms with van der Waals surface area (Å²) < 4.78 is 7.86. The van der Waals surface area contributed by atoms with Gasteiger partial charge in [-0.15, -0.1) is 0 Å². The SMILES string of the molecule is CCn1cncc1C1CN=C(N)N1CC1CCCO1. The Labute approximate surface area is 113 Å². The second-order valence-corrected chi connectivity index (χ2v) is 5.11.